The van der Waals surface area contributed by atoms with Gasteiger partial charge in [-0.15, -0.1) is 0 Å². The fourth-order valence-corrected chi connectivity index (χ4v) is 1.36. The Morgan fingerprint density at radius 1 is 1.30 bits per heavy atom. The summed E-state index contributed by atoms with van der Waals surface area (Å²) < 4.78 is 0. The minimum absolute atomic E-state index is 0.258. The molecule has 20 heavy (non-hydrogen) atoms. The summed E-state index contributed by atoms with van der Waals surface area (Å²) >= 11 is 5.61. The minimum atomic E-state index is -1.33. The summed E-state index contributed by atoms with van der Waals surface area (Å²) in [6.07, 6.45) is 0. The van der Waals surface area contributed by atoms with Gasteiger partial charge in [0.1, 0.15) is 16.4 Å². The molecule has 106 valence electrons. The molecule has 0 spiro atoms. The molecule has 0 aliphatic carbocycles. The highest BCUT2D eigenvalue weighted by atomic mass is 35.5. The lowest BCUT2D eigenvalue weighted by molar-refractivity contribution is -0.393. The van der Waals surface area contributed by atoms with E-state index in [1.54, 1.807) is 0 Å². The average molecular weight is 303 g/mol. The number of nitrogens with one attached hydrogen (secondary N) is 1. The summed E-state index contributed by atoms with van der Waals surface area (Å²) in [6.45, 7) is 1.16. The van der Waals surface area contributed by atoms with E-state index < -0.39 is 27.2 Å². The lowest BCUT2D eigenvalue weighted by Gasteiger charge is -2.04. The topological polar surface area (TPSA) is 148 Å². The molecule has 0 heterocycles. The lowest BCUT2D eigenvalue weighted by Crippen LogP contribution is -2.10. The van der Waals surface area contributed by atoms with Crippen molar-refractivity contribution in [3.8, 4) is 0 Å². The molecule has 0 aromatic heterocycles. The number of rotatable bonds is 5. The van der Waals surface area contributed by atoms with Gasteiger partial charge in [0.2, 0.25) is 0 Å². The number of nitro benzene ring substituents is 2. The number of halogens is 1. The first-order valence-electron chi connectivity index (χ1n) is 4.90. The Morgan fingerprint density at radius 2 is 1.85 bits per heavy atom. The fourth-order valence-electron chi connectivity index (χ4n) is 1.12. The van der Waals surface area contributed by atoms with Gasteiger partial charge in [0.25, 0.3) is 5.69 Å². The van der Waals surface area contributed by atoms with E-state index in [0.29, 0.717) is 6.07 Å². The molecule has 0 bridgehead atoms. The third-order valence-electron chi connectivity index (χ3n) is 2.11. The monoisotopic (exact) mass is 302 g/mol. The van der Waals surface area contributed by atoms with Crippen LogP contribution in [0.25, 0.3) is 0 Å². The number of hydrogen-bond acceptors (Lipinski definition) is 7. The first kappa shape index (κ1) is 15.3. The molecule has 0 saturated carbocycles. The van der Waals surface area contributed by atoms with Crippen LogP contribution in [0.1, 0.15) is 6.92 Å². The van der Waals surface area contributed by atoms with E-state index >= 15 is 0 Å². The van der Waals surface area contributed by atoms with Crippen molar-refractivity contribution in [3.63, 3.8) is 0 Å². The number of carboxylic acids is 1. The molecule has 11 heteroatoms. The second kappa shape index (κ2) is 5.93. The zero-order chi connectivity index (χ0) is 15.4. The molecule has 1 rings (SSSR count). The molecule has 0 atom stereocenters. The number of carboxylic acid groups (broad SMARTS) is 1. The van der Waals surface area contributed by atoms with Gasteiger partial charge in [-0.1, -0.05) is 11.6 Å². The Kier molecular flexibility index (Phi) is 4.54. The third kappa shape index (κ3) is 3.38. The second-order valence-corrected chi connectivity index (χ2v) is 3.86. The molecule has 0 fully saturated rings. The molecular formula is C9H7ClN4O6. The Hall–Kier alpha value is -2.75. The molecular weight excluding hydrogens is 296 g/mol. The van der Waals surface area contributed by atoms with Crippen LogP contribution < -0.4 is 5.43 Å². The van der Waals surface area contributed by atoms with Crippen molar-refractivity contribution in [3.05, 3.63) is 37.4 Å². The van der Waals surface area contributed by atoms with Crippen LogP contribution in [-0.2, 0) is 4.79 Å². The molecule has 0 radical (unpaired) electrons. The third-order valence-corrected chi connectivity index (χ3v) is 2.41. The van der Waals surface area contributed by atoms with Crippen LogP contribution >= 0.6 is 11.6 Å². The molecule has 1 aromatic rings. The maximum atomic E-state index is 10.8. The van der Waals surface area contributed by atoms with Crippen molar-refractivity contribution in [2.45, 2.75) is 6.92 Å². The highest BCUT2D eigenvalue weighted by molar-refractivity contribution is 6.34. The standard InChI is InChI=1S/C9H7ClN4O6/c1-4(9(15)16)11-12-6-2-5(10)7(13(17)18)3-8(6)14(19)20/h2-3,12H,1H3,(H,15,16)/b11-4-. The summed E-state index contributed by atoms with van der Waals surface area (Å²) in [7, 11) is 0. The maximum absolute atomic E-state index is 10.8. The first-order valence-corrected chi connectivity index (χ1v) is 5.27. The zero-order valence-electron chi connectivity index (χ0n) is 9.86. The van der Waals surface area contributed by atoms with Gasteiger partial charge in [0, 0.05) is 0 Å². The molecule has 1 aromatic carbocycles. The lowest BCUT2D eigenvalue weighted by atomic mass is 10.2. The Balaban J connectivity index is 3.29. The van der Waals surface area contributed by atoms with Crippen molar-refractivity contribution in [2.75, 3.05) is 5.43 Å². The number of carbonyl (C=O) groups is 1. The molecule has 0 saturated heterocycles. The number of nitrogens with zero attached hydrogens (tertiary/aromatic N) is 3. The van der Waals surface area contributed by atoms with Gasteiger partial charge in [0.05, 0.1) is 15.9 Å². The summed E-state index contributed by atoms with van der Waals surface area (Å²) in [4.78, 5) is 30.2. The van der Waals surface area contributed by atoms with Crippen molar-refractivity contribution >= 4 is 40.3 Å². The van der Waals surface area contributed by atoms with Gasteiger partial charge in [-0.3, -0.25) is 25.7 Å². The normalized spacial score (nSPS) is 11.0. The van der Waals surface area contributed by atoms with Gasteiger partial charge in [-0.25, -0.2) is 4.79 Å². The number of hydrazone groups is 1. The summed E-state index contributed by atoms with van der Waals surface area (Å²) in [6, 6.07) is 1.59. The molecule has 10 nitrogen and oxygen atoms in total. The van der Waals surface area contributed by atoms with E-state index in [1.165, 1.54) is 0 Å². The molecule has 0 amide bonds. The first-order chi connectivity index (χ1) is 9.23. The SMILES string of the molecule is C/C(=N/Nc1cc(Cl)c([N+](=O)[O-])cc1[N+](=O)[O-])C(=O)O. The molecule has 0 aliphatic rings. The molecule has 0 aliphatic heterocycles. The van der Waals surface area contributed by atoms with Crippen LogP contribution in [-0.4, -0.2) is 26.6 Å². The second-order valence-electron chi connectivity index (χ2n) is 3.45. The number of nitro groups is 2. The Morgan fingerprint density at radius 3 is 2.30 bits per heavy atom. The van der Waals surface area contributed by atoms with Crippen LogP contribution in [0.4, 0.5) is 17.1 Å². The fraction of sp³-hybridized carbons (Fsp3) is 0.111. The number of benzene rings is 1. The van der Waals surface area contributed by atoms with Crippen molar-refractivity contribution in [1.29, 1.82) is 0 Å². The number of anilines is 1. The number of hydrogen-bond donors (Lipinski definition) is 2. The molecule has 2 N–H and O–H groups in total. The predicted octanol–water partition coefficient (Wildman–Crippen LogP) is 2.03. The van der Waals surface area contributed by atoms with Crippen LogP contribution in [0.15, 0.2) is 17.2 Å². The highest BCUT2D eigenvalue weighted by Gasteiger charge is 2.23. The Bertz CT molecular complexity index is 629. The van der Waals surface area contributed by atoms with Crippen LogP contribution in [0, 0.1) is 20.2 Å². The predicted molar refractivity (Wildman–Crippen MR) is 69.1 cm³/mol. The van der Waals surface area contributed by atoms with E-state index in [9.17, 15) is 25.0 Å². The van der Waals surface area contributed by atoms with Gasteiger partial charge < -0.3 is 5.11 Å². The van der Waals surface area contributed by atoms with Crippen molar-refractivity contribution < 1.29 is 19.7 Å². The Labute approximate surface area is 116 Å². The van der Waals surface area contributed by atoms with Crippen LogP contribution in [0.5, 0.6) is 0 Å². The van der Waals surface area contributed by atoms with Crippen LogP contribution in [0.3, 0.4) is 0 Å². The highest BCUT2D eigenvalue weighted by Crippen LogP contribution is 2.35. The zero-order valence-corrected chi connectivity index (χ0v) is 10.6. The van der Waals surface area contributed by atoms with Crippen molar-refractivity contribution in [2.24, 2.45) is 5.10 Å². The van der Waals surface area contributed by atoms with E-state index in [1.807, 2.05) is 0 Å². The molecule has 0 unspecified atom stereocenters. The van der Waals surface area contributed by atoms with Crippen molar-refractivity contribution in [1.82, 2.24) is 0 Å². The largest absolute Gasteiger partial charge is 0.477 e. The smallest absolute Gasteiger partial charge is 0.351 e. The van der Waals surface area contributed by atoms with Gasteiger partial charge in [-0.05, 0) is 13.0 Å². The van der Waals surface area contributed by atoms with Crippen LogP contribution in [0.2, 0.25) is 5.02 Å². The quantitative estimate of drug-likeness (QED) is 0.480. The van der Waals surface area contributed by atoms with E-state index in [2.05, 4.69) is 10.5 Å². The number of aliphatic carboxylic acids is 1. The summed E-state index contributed by atoms with van der Waals surface area (Å²) in [5, 5.41) is 33.1. The summed E-state index contributed by atoms with van der Waals surface area (Å²) in [5.41, 5.74) is 0.244. The minimum Gasteiger partial charge on any atom is -0.477 e. The van der Waals surface area contributed by atoms with E-state index in [4.69, 9.17) is 16.7 Å². The van der Waals surface area contributed by atoms with Gasteiger partial charge >= 0.3 is 11.7 Å². The average Bonchev–Trinajstić information content (AvgIpc) is 2.34. The van der Waals surface area contributed by atoms with E-state index in [0.717, 1.165) is 13.0 Å². The van der Waals surface area contributed by atoms with Gasteiger partial charge in [0.15, 0.2) is 0 Å². The summed E-state index contributed by atoms with van der Waals surface area (Å²) in [5.74, 6) is -1.33. The maximum Gasteiger partial charge on any atom is 0.351 e. The van der Waals surface area contributed by atoms with E-state index in [-0.39, 0.29) is 16.4 Å². The van der Waals surface area contributed by atoms with Gasteiger partial charge in [-0.2, -0.15) is 5.10 Å².